The number of benzene rings is 3. The molecule has 4 nitrogen and oxygen atoms in total. The van der Waals surface area contributed by atoms with Gasteiger partial charge >= 0.3 is 5.97 Å². The van der Waals surface area contributed by atoms with E-state index in [0.717, 1.165) is 22.4 Å². The molecule has 1 aromatic heterocycles. The molecule has 29 heavy (non-hydrogen) atoms. The molecule has 4 rings (SSSR count). The van der Waals surface area contributed by atoms with Crippen LogP contribution in [-0.2, 0) is 11.2 Å². The van der Waals surface area contributed by atoms with Crippen LogP contribution in [0.5, 0.6) is 0 Å². The van der Waals surface area contributed by atoms with Crippen molar-refractivity contribution >= 4 is 29.2 Å². The highest BCUT2D eigenvalue weighted by Crippen LogP contribution is 2.32. The molecule has 0 saturated heterocycles. The summed E-state index contributed by atoms with van der Waals surface area (Å²) in [7, 11) is 0. The van der Waals surface area contributed by atoms with E-state index in [-0.39, 0.29) is 6.42 Å². The Morgan fingerprint density at radius 2 is 1.55 bits per heavy atom. The van der Waals surface area contributed by atoms with Crippen molar-refractivity contribution in [3.05, 3.63) is 94.6 Å². The summed E-state index contributed by atoms with van der Waals surface area (Å²) < 4.78 is 1.57. The molecule has 144 valence electrons. The zero-order chi connectivity index (χ0) is 20.4. The molecule has 0 atom stereocenters. The first-order chi connectivity index (χ1) is 14.0. The van der Waals surface area contributed by atoms with Crippen molar-refractivity contribution < 1.29 is 9.90 Å². The lowest BCUT2D eigenvalue weighted by atomic mass is 10.1. The lowest BCUT2D eigenvalue weighted by Crippen LogP contribution is -2.01. The van der Waals surface area contributed by atoms with Crippen molar-refractivity contribution in [3.63, 3.8) is 0 Å². The molecule has 0 radical (unpaired) electrons. The molecule has 4 aromatic rings. The maximum atomic E-state index is 11.4. The van der Waals surface area contributed by atoms with E-state index in [0.29, 0.717) is 21.4 Å². The zero-order valence-electron chi connectivity index (χ0n) is 15.2. The highest BCUT2D eigenvalue weighted by atomic mass is 35.5. The Morgan fingerprint density at radius 1 is 0.862 bits per heavy atom. The van der Waals surface area contributed by atoms with Crippen LogP contribution >= 0.6 is 23.2 Å². The fourth-order valence-electron chi connectivity index (χ4n) is 3.20. The quantitative estimate of drug-likeness (QED) is 0.420. The van der Waals surface area contributed by atoms with Gasteiger partial charge in [0.05, 0.1) is 17.8 Å². The van der Waals surface area contributed by atoms with Crippen LogP contribution < -0.4 is 0 Å². The van der Waals surface area contributed by atoms with Crippen LogP contribution in [-0.4, -0.2) is 20.9 Å². The lowest BCUT2D eigenvalue weighted by molar-refractivity contribution is -0.136. The van der Waals surface area contributed by atoms with Gasteiger partial charge in [0.1, 0.15) is 5.15 Å². The summed E-state index contributed by atoms with van der Waals surface area (Å²) in [6.07, 6.45) is -0.205. The third-order valence-electron chi connectivity index (χ3n) is 4.57. The third kappa shape index (κ3) is 4.04. The highest BCUT2D eigenvalue weighted by molar-refractivity contribution is 6.31. The van der Waals surface area contributed by atoms with Gasteiger partial charge in [0, 0.05) is 16.1 Å². The number of carbonyl (C=O) groups is 1. The number of hydrogen-bond acceptors (Lipinski definition) is 2. The standard InChI is InChI=1S/C23H16Cl2N2O2/c24-18-8-4-7-17(13-18)15-9-11-19(12-10-15)27-23(25)20(14-21(28)29)22(26-27)16-5-2-1-3-6-16/h1-13H,14H2,(H,28,29). The zero-order valence-corrected chi connectivity index (χ0v) is 16.7. The van der Waals surface area contributed by atoms with Crippen molar-refractivity contribution in [2.75, 3.05) is 0 Å². The second-order valence-corrected chi connectivity index (χ2v) is 7.32. The van der Waals surface area contributed by atoms with Gasteiger partial charge in [-0.2, -0.15) is 5.10 Å². The van der Waals surface area contributed by atoms with E-state index < -0.39 is 5.97 Å². The van der Waals surface area contributed by atoms with Crippen molar-refractivity contribution in [1.82, 2.24) is 9.78 Å². The Bertz CT molecular complexity index is 1170. The van der Waals surface area contributed by atoms with E-state index in [1.807, 2.05) is 78.9 Å². The van der Waals surface area contributed by atoms with Gasteiger partial charge in [-0.05, 0) is 35.4 Å². The van der Waals surface area contributed by atoms with Crippen molar-refractivity contribution in [2.45, 2.75) is 6.42 Å². The minimum Gasteiger partial charge on any atom is -0.481 e. The van der Waals surface area contributed by atoms with Crippen LogP contribution in [0.4, 0.5) is 0 Å². The van der Waals surface area contributed by atoms with E-state index >= 15 is 0 Å². The number of aromatic nitrogens is 2. The minimum atomic E-state index is -0.958. The molecule has 0 amide bonds. The smallest absolute Gasteiger partial charge is 0.308 e. The summed E-state index contributed by atoms with van der Waals surface area (Å²) in [5.74, 6) is -0.958. The SMILES string of the molecule is O=C(O)Cc1c(-c2ccccc2)nn(-c2ccc(-c3cccc(Cl)c3)cc2)c1Cl. The average molecular weight is 423 g/mol. The summed E-state index contributed by atoms with van der Waals surface area (Å²) in [5.41, 5.74) is 4.64. The Hall–Kier alpha value is -3.08. The van der Waals surface area contributed by atoms with Gasteiger partial charge < -0.3 is 5.11 Å². The summed E-state index contributed by atoms with van der Waals surface area (Å²) >= 11 is 12.6. The van der Waals surface area contributed by atoms with E-state index in [2.05, 4.69) is 5.10 Å². The molecule has 0 aliphatic carbocycles. The van der Waals surface area contributed by atoms with Crippen molar-refractivity contribution in [3.8, 4) is 28.1 Å². The van der Waals surface area contributed by atoms with E-state index in [1.165, 1.54) is 0 Å². The molecule has 0 saturated carbocycles. The summed E-state index contributed by atoms with van der Waals surface area (Å²) in [5, 5.41) is 14.9. The van der Waals surface area contributed by atoms with Crippen LogP contribution in [0.25, 0.3) is 28.1 Å². The van der Waals surface area contributed by atoms with Crippen LogP contribution in [0.15, 0.2) is 78.9 Å². The lowest BCUT2D eigenvalue weighted by Gasteiger charge is -2.06. The average Bonchev–Trinajstić information content (AvgIpc) is 3.04. The number of rotatable bonds is 5. The summed E-state index contributed by atoms with van der Waals surface area (Å²) in [6, 6.07) is 24.8. The number of hydrogen-bond donors (Lipinski definition) is 1. The highest BCUT2D eigenvalue weighted by Gasteiger charge is 2.21. The second kappa shape index (κ2) is 8.11. The van der Waals surface area contributed by atoms with E-state index in [4.69, 9.17) is 23.2 Å². The fraction of sp³-hybridized carbons (Fsp3) is 0.0435. The van der Waals surface area contributed by atoms with Gasteiger partial charge in [-0.1, -0.05) is 77.8 Å². The molecule has 0 fully saturated rings. The normalized spacial score (nSPS) is 10.8. The van der Waals surface area contributed by atoms with Crippen LogP contribution in [0.1, 0.15) is 5.56 Å². The molecular formula is C23H16Cl2N2O2. The minimum absolute atomic E-state index is 0.205. The summed E-state index contributed by atoms with van der Waals surface area (Å²) in [4.78, 5) is 11.4. The summed E-state index contributed by atoms with van der Waals surface area (Å²) in [6.45, 7) is 0. The predicted octanol–water partition coefficient (Wildman–Crippen LogP) is 6.14. The second-order valence-electron chi connectivity index (χ2n) is 6.52. The largest absolute Gasteiger partial charge is 0.481 e. The molecule has 0 aliphatic rings. The number of aliphatic carboxylic acids is 1. The number of nitrogens with zero attached hydrogens (tertiary/aromatic N) is 2. The Kier molecular flexibility index (Phi) is 5.38. The first kappa shape index (κ1) is 19.2. The third-order valence-corrected chi connectivity index (χ3v) is 5.19. The van der Waals surface area contributed by atoms with E-state index in [9.17, 15) is 9.90 Å². The Balaban J connectivity index is 1.77. The predicted molar refractivity (Wildman–Crippen MR) is 116 cm³/mol. The number of halogens is 2. The molecule has 1 N–H and O–H groups in total. The van der Waals surface area contributed by atoms with Crippen LogP contribution in [0.3, 0.4) is 0 Å². The maximum Gasteiger partial charge on any atom is 0.308 e. The monoisotopic (exact) mass is 422 g/mol. The van der Waals surface area contributed by atoms with Crippen molar-refractivity contribution in [2.24, 2.45) is 0 Å². The molecular weight excluding hydrogens is 407 g/mol. The molecule has 3 aromatic carbocycles. The molecule has 0 unspecified atom stereocenters. The topological polar surface area (TPSA) is 55.1 Å². The van der Waals surface area contributed by atoms with Gasteiger partial charge in [0.25, 0.3) is 0 Å². The molecule has 1 heterocycles. The van der Waals surface area contributed by atoms with Gasteiger partial charge in [0.15, 0.2) is 0 Å². The van der Waals surface area contributed by atoms with Gasteiger partial charge in [-0.25, -0.2) is 4.68 Å². The van der Waals surface area contributed by atoms with Crippen LogP contribution in [0.2, 0.25) is 10.2 Å². The molecule has 6 heteroatoms. The molecule has 0 aliphatic heterocycles. The Morgan fingerprint density at radius 3 is 2.21 bits per heavy atom. The Labute approximate surface area is 178 Å². The van der Waals surface area contributed by atoms with Gasteiger partial charge in [-0.15, -0.1) is 0 Å². The number of carboxylic acid groups (broad SMARTS) is 1. The van der Waals surface area contributed by atoms with Gasteiger partial charge in [-0.3, -0.25) is 4.79 Å². The molecule has 0 spiro atoms. The molecule has 0 bridgehead atoms. The first-order valence-electron chi connectivity index (χ1n) is 8.94. The number of carboxylic acids is 1. The van der Waals surface area contributed by atoms with E-state index in [1.54, 1.807) is 4.68 Å². The fourth-order valence-corrected chi connectivity index (χ4v) is 3.68. The van der Waals surface area contributed by atoms with Gasteiger partial charge in [0.2, 0.25) is 0 Å². The maximum absolute atomic E-state index is 11.4. The van der Waals surface area contributed by atoms with Crippen molar-refractivity contribution in [1.29, 1.82) is 0 Å². The van der Waals surface area contributed by atoms with Crippen LogP contribution in [0, 0.1) is 0 Å². The first-order valence-corrected chi connectivity index (χ1v) is 9.69.